The number of amides is 1. The Morgan fingerprint density at radius 3 is 2.50 bits per heavy atom. The zero-order valence-corrected chi connectivity index (χ0v) is 12.5. The Kier molecular flexibility index (Phi) is 4.89. The Bertz CT molecular complexity index is 615. The van der Waals surface area contributed by atoms with Crippen molar-refractivity contribution in [1.82, 2.24) is 10.3 Å². The number of carboxylic acid groups (broad SMARTS) is 1. The quantitative estimate of drug-likeness (QED) is 0.361. The largest absolute Gasteiger partial charge is 0.476 e. The first-order valence-electron chi connectivity index (χ1n) is 6.68. The molecule has 1 aliphatic heterocycles. The number of aliphatic carboxylic acids is 1. The van der Waals surface area contributed by atoms with Crippen molar-refractivity contribution in [3.05, 3.63) is 46.2 Å². The summed E-state index contributed by atoms with van der Waals surface area (Å²) < 4.78 is 0. The molecule has 118 valence electrons. The van der Waals surface area contributed by atoms with Gasteiger partial charge >= 0.3 is 5.97 Å². The number of hydrazine groups is 1. The van der Waals surface area contributed by atoms with Gasteiger partial charge in [-0.3, -0.25) is 10.6 Å². The molecule has 1 aromatic carbocycles. The lowest BCUT2D eigenvalue weighted by atomic mass is 9.99. The van der Waals surface area contributed by atoms with Crippen molar-refractivity contribution in [3.8, 4) is 0 Å². The van der Waals surface area contributed by atoms with Crippen LogP contribution in [-0.2, 0) is 9.59 Å². The minimum absolute atomic E-state index is 0.174. The van der Waals surface area contributed by atoms with Gasteiger partial charge in [0, 0.05) is 24.0 Å². The van der Waals surface area contributed by atoms with Gasteiger partial charge in [-0.25, -0.2) is 4.79 Å². The highest BCUT2D eigenvalue weighted by molar-refractivity contribution is 6.30. The van der Waals surface area contributed by atoms with Crippen molar-refractivity contribution >= 4 is 23.5 Å². The van der Waals surface area contributed by atoms with Gasteiger partial charge in [0.2, 0.25) is 0 Å². The predicted octanol–water partition coefficient (Wildman–Crippen LogP) is 0.374. The highest BCUT2D eigenvalue weighted by Crippen LogP contribution is 2.28. The van der Waals surface area contributed by atoms with Crippen molar-refractivity contribution in [3.63, 3.8) is 0 Å². The maximum absolute atomic E-state index is 12.2. The number of rotatable bonds is 4. The number of carboxylic acids is 1. The zero-order chi connectivity index (χ0) is 16.3. The first kappa shape index (κ1) is 16.1. The molecule has 2 rings (SSSR count). The number of hydrogen-bond donors (Lipinski definition) is 4. The van der Waals surface area contributed by atoms with Crippen molar-refractivity contribution < 1.29 is 14.7 Å². The number of carbonyl (C=O) groups excluding carboxylic acids is 1. The second kappa shape index (κ2) is 6.67. The third-order valence-corrected chi connectivity index (χ3v) is 3.93. The van der Waals surface area contributed by atoms with Crippen molar-refractivity contribution in [1.29, 1.82) is 0 Å². The zero-order valence-electron chi connectivity index (χ0n) is 11.8. The summed E-state index contributed by atoms with van der Waals surface area (Å²) in [5, 5.41) is 9.58. The Morgan fingerprint density at radius 1 is 1.32 bits per heavy atom. The van der Waals surface area contributed by atoms with Gasteiger partial charge < -0.3 is 21.2 Å². The van der Waals surface area contributed by atoms with Gasteiger partial charge in [0.05, 0.1) is 0 Å². The van der Waals surface area contributed by atoms with E-state index in [-0.39, 0.29) is 5.92 Å². The van der Waals surface area contributed by atoms with Crippen LogP contribution in [0.2, 0.25) is 5.02 Å². The van der Waals surface area contributed by atoms with E-state index in [0.717, 1.165) is 12.0 Å². The molecule has 0 saturated carbocycles. The van der Waals surface area contributed by atoms with Gasteiger partial charge in [-0.05, 0) is 24.1 Å². The molecule has 1 amide bonds. The van der Waals surface area contributed by atoms with Crippen LogP contribution in [0.4, 0.5) is 0 Å². The Hall–Kier alpha value is -2.25. The molecule has 6 N–H and O–H groups in total. The number of nitrogens with zero attached hydrogens (tertiary/aromatic N) is 1. The maximum atomic E-state index is 12.2. The second-order valence-electron chi connectivity index (χ2n) is 5.03. The molecule has 1 saturated heterocycles. The number of likely N-dealkylation sites (tertiary alicyclic amines) is 1. The summed E-state index contributed by atoms with van der Waals surface area (Å²) in [6, 6.07) is 7.45. The summed E-state index contributed by atoms with van der Waals surface area (Å²) in [7, 11) is 0. The SMILES string of the molecule is NN/C(C(=O)O)=C(\N)C(=O)N1CCC(c2ccc(Cl)cc2)C1. The van der Waals surface area contributed by atoms with Crippen LogP contribution in [0.1, 0.15) is 17.9 Å². The molecule has 0 aliphatic carbocycles. The summed E-state index contributed by atoms with van der Waals surface area (Å²) >= 11 is 5.86. The Morgan fingerprint density at radius 2 is 1.95 bits per heavy atom. The molecule has 1 heterocycles. The van der Waals surface area contributed by atoms with Crippen LogP contribution in [-0.4, -0.2) is 35.0 Å². The van der Waals surface area contributed by atoms with Crippen LogP contribution < -0.4 is 17.0 Å². The number of nitrogens with two attached hydrogens (primary N) is 2. The van der Waals surface area contributed by atoms with E-state index in [0.29, 0.717) is 18.1 Å². The molecule has 0 radical (unpaired) electrons. The standard InChI is InChI=1S/C14H17ClN4O3/c15-10-3-1-8(2-4-10)9-5-6-19(7-9)13(20)11(16)12(18-17)14(21)22/h1-4,9,18H,5-7,16-17H2,(H,21,22)/b12-11-. The Balaban J connectivity index is 2.11. The van der Waals surface area contributed by atoms with E-state index < -0.39 is 23.3 Å². The molecule has 22 heavy (non-hydrogen) atoms. The van der Waals surface area contributed by atoms with Crippen molar-refractivity contribution in [2.24, 2.45) is 11.6 Å². The average molecular weight is 325 g/mol. The van der Waals surface area contributed by atoms with Crippen molar-refractivity contribution in [2.75, 3.05) is 13.1 Å². The number of carbonyl (C=O) groups is 2. The fourth-order valence-corrected chi connectivity index (χ4v) is 2.61. The van der Waals surface area contributed by atoms with Crippen LogP contribution in [0.25, 0.3) is 0 Å². The van der Waals surface area contributed by atoms with Crippen molar-refractivity contribution in [2.45, 2.75) is 12.3 Å². The van der Waals surface area contributed by atoms with Crippen LogP contribution in [0.15, 0.2) is 35.7 Å². The predicted molar refractivity (Wildman–Crippen MR) is 81.6 cm³/mol. The molecular weight excluding hydrogens is 308 g/mol. The van der Waals surface area contributed by atoms with Gasteiger partial charge in [0.15, 0.2) is 5.70 Å². The van der Waals surface area contributed by atoms with E-state index >= 15 is 0 Å². The van der Waals surface area contributed by atoms with Gasteiger partial charge in [-0.15, -0.1) is 0 Å². The molecule has 8 heteroatoms. The molecule has 0 spiro atoms. The van der Waals surface area contributed by atoms with Gasteiger partial charge in [-0.1, -0.05) is 23.7 Å². The number of benzene rings is 1. The van der Waals surface area contributed by atoms with Crippen LogP contribution >= 0.6 is 11.6 Å². The highest BCUT2D eigenvalue weighted by atomic mass is 35.5. The Labute approximate surface area is 132 Å². The fourth-order valence-electron chi connectivity index (χ4n) is 2.48. The van der Waals surface area contributed by atoms with Gasteiger partial charge in [-0.2, -0.15) is 0 Å². The molecule has 1 fully saturated rings. The lowest BCUT2D eigenvalue weighted by Crippen LogP contribution is -2.38. The minimum atomic E-state index is -1.37. The molecule has 1 aliphatic rings. The first-order valence-corrected chi connectivity index (χ1v) is 7.06. The monoisotopic (exact) mass is 324 g/mol. The molecule has 1 aromatic rings. The summed E-state index contributed by atoms with van der Waals surface area (Å²) in [6.45, 7) is 0.975. The molecule has 7 nitrogen and oxygen atoms in total. The molecule has 1 unspecified atom stereocenters. The normalized spacial score (nSPS) is 18.8. The van der Waals surface area contributed by atoms with E-state index in [1.807, 2.05) is 17.6 Å². The summed E-state index contributed by atoms with van der Waals surface area (Å²) in [5.41, 5.74) is 7.74. The maximum Gasteiger partial charge on any atom is 0.355 e. The topological polar surface area (TPSA) is 122 Å². The third kappa shape index (κ3) is 3.32. The average Bonchev–Trinajstić information content (AvgIpc) is 2.97. The van der Waals surface area contributed by atoms with Crippen LogP contribution in [0.3, 0.4) is 0 Å². The van der Waals surface area contributed by atoms with Crippen LogP contribution in [0.5, 0.6) is 0 Å². The summed E-state index contributed by atoms with van der Waals surface area (Å²) in [6.07, 6.45) is 0.777. The van der Waals surface area contributed by atoms with E-state index in [2.05, 4.69) is 0 Å². The van der Waals surface area contributed by atoms with Gasteiger partial charge in [0.1, 0.15) is 5.70 Å². The smallest absolute Gasteiger partial charge is 0.355 e. The van der Waals surface area contributed by atoms with E-state index in [1.54, 1.807) is 12.1 Å². The van der Waals surface area contributed by atoms with Gasteiger partial charge in [0.25, 0.3) is 5.91 Å². The van der Waals surface area contributed by atoms with Crippen LogP contribution in [0, 0.1) is 0 Å². The second-order valence-corrected chi connectivity index (χ2v) is 5.46. The molecule has 1 atom stereocenters. The molecule has 0 bridgehead atoms. The summed E-state index contributed by atoms with van der Waals surface area (Å²) in [5.74, 6) is 3.36. The van der Waals surface area contributed by atoms with E-state index in [9.17, 15) is 9.59 Å². The lowest BCUT2D eigenvalue weighted by Gasteiger charge is -2.18. The number of halogens is 1. The molecule has 0 aromatic heterocycles. The third-order valence-electron chi connectivity index (χ3n) is 3.67. The fraction of sp³-hybridized carbons (Fsp3) is 0.286. The minimum Gasteiger partial charge on any atom is -0.476 e. The van der Waals surface area contributed by atoms with E-state index in [4.69, 9.17) is 28.3 Å². The number of hydrogen-bond acceptors (Lipinski definition) is 5. The first-order chi connectivity index (χ1) is 10.4. The highest BCUT2D eigenvalue weighted by Gasteiger charge is 2.30. The molecular formula is C14H17ClN4O3. The van der Waals surface area contributed by atoms with E-state index in [1.165, 1.54) is 4.90 Å². The summed E-state index contributed by atoms with van der Waals surface area (Å²) in [4.78, 5) is 24.7. The number of nitrogens with one attached hydrogen (secondary N) is 1. The lowest BCUT2D eigenvalue weighted by molar-refractivity contribution is -0.134.